The normalized spacial score (nSPS) is 19.5. The molecule has 2 N–H and O–H groups in total. The monoisotopic (exact) mass is 292 g/mol. The molecule has 0 aliphatic carbocycles. The molecular weight excluding hydrogens is 275 g/mol. The predicted molar refractivity (Wildman–Crippen MR) is 76.1 cm³/mol. The number of carbonyl (C=O) groups is 2. The predicted octanol–water partition coefficient (Wildman–Crippen LogP) is 1.38. The number of benzene rings is 1. The van der Waals surface area contributed by atoms with Crippen LogP contribution in [0.3, 0.4) is 0 Å². The topological polar surface area (TPSA) is 93.1 Å². The van der Waals surface area contributed by atoms with Crippen LogP contribution in [0.2, 0.25) is 0 Å². The molecule has 0 radical (unpaired) electrons. The second-order valence-electron chi connectivity index (χ2n) is 6.04. The van der Waals surface area contributed by atoms with Crippen LogP contribution in [0.5, 0.6) is 0 Å². The maximum absolute atomic E-state index is 11.1. The third kappa shape index (κ3) is 2.79. The van der Waals surface area contributed by atoms with E-state index in [4.69, 9.17) is 19.5 Å². The Morgan fingerprint density at radius 3 is 1.62 bits per heavy atom. The van der Waals surface area contributed by atoms with E-state index in [1.54, 1.807) is 0 Å². The van der Waals surface area contributed by atoms with Gasteiger partial charge in [-0.3, -0.25) is 0 Å². The number of hydrogen-bond donors (Lipinski definition) is 2. The summed E-state index contributed by atoms with van der Waals surface area (Å²) in [7, 11) is -0.799. The zero-order valence-electron chi connectivity index (χ0n) is 12.3. The summed E-state index contributed by atoms with van der Waals surface area (Å²) in [6, 6.07) is 3.85. The SMILES string of the molecule is CC1(C)OB(c2cc(C(=O)O)cc(C(=O)O)c2)OC1(C)C. The van der Waals surface area contributed by atoms with Gasteiger partial charge in [-0.1, -0.05) is 0 Å². The van der Waals surface area contributed by atoms with Crippen molar-refractivity contribution < 1.29 is 29.1 Å². The van der Waals surface area contributed by atoms with E-state index >= 15 is 0 Å². The molecule has 0 aromatic heterocycles. The Labute approximate surface area is 122 Å². The highest BCUT2D eigenvalue weighted by atomic mass is 16.7. The van der Waals surface area contributed by atoms with Crippen molar-refractivity contribution in [3.05, 3.63) is 29.3 Å². The molecule has 6 nitrogen and oxygen atoms in total. The lowest BCUT2D eigenvalue weighted by molar-refractivity contribution is 0.00578. The largest absolute Gasteiger partial charge is 0.494 e. The highest BCUT2D eigenvalue weighted by Gasteiger charge is 2.51. The second kappa shape index (κ2) is 4.86. The van der Waals surface area contributed by atoms with Gasteiger partial charge >= 0.3 is 19.1 Å². The average molecular weight is 292 g/mol. The minimum Gasteiger partial charge on any atom is -0.478 e. The van der Waals surface area contributed by atoms with Gasteiger partial charge in [0.05, 0.1) is 22.3 Å². The molecule has 0 saturated carbocycles. The molecule has 2 rings (SSSR count). The van der Waals surface area contributed by atoms with Gasteiger partial charge in [0.1, 0.15) is 0 Å². The number of rotatable bonds is 3. The maximum Gasteiger partial charge on any atom is 0.494 e. The lowest BCUT2D eigenvalue weighted by atomic mass is 9.77. The third-order valence-corrected chi connectivity index (χ3v) is 3.97. The zero-order valence-corrected chi connectivity index (χ0v) is 12.3. The van der Waals surface area contributed by atoms with Crippen molar-refractivity contribution in [1.29, 1.82) is 0 Å². The van der Waals surface area contributed by atoms with Crippen molar-refractivity contribution in [3.63, 3.8) is 0 Å². The second-order valence-corrected chi connectivity index (χ2v) is 6.04. The fourth-order valence-corrected chi connectivity index (χ4v) is 2.01. The molecule has 1 aliphatic heterocycles. The van der Waals surface area contributed by atoms with Gasteiger partial charge in [0.15, 0.2) is 0 Å². The fraction of sp³-hybridized carbons (Fsp3) is 0.429. The van der Waals surface area contributed by atoms with Crippen molar-refractivity contribution in [1.82, 2.24) is 0 Å². The highest BCUT2D eigenvalue weighted by Crippen LogP contribution is 2.36. The molecule has 1 fully saturated rings. The summed E-state index contributed by atoms with van der Waals surface area (Å²) in [6.07, 6.45) is 0. The molecule has 1 aromatic rings. The zero-order chi connectivity index (χ0) is 16.0. The summed E-state index contributed by atoms with van der Waals surface area (Å²) in [5.41, 5.74) is -1.01. The first-order chi connectivity index (χ1) is 9.53. The van der Waals surface area contributed by atoms with Crippen LogP contribution in [-0.4, -0.2) is 40.5 Å². The van der Waals surface area contributed by atoms with Gasteiger partial charge in [0, 0.05) is 0 Å². The minimum atomic E-state index is -1.20. The van der Waals surface area contributed by atoms with Crippen LogP contribution in [0.15, 0.2) is 18.2 Å². The summed E-state index contributed by atoms with van der Waals surface area (Å²) in [5, 5.41) is 18.2. The van der Waals surface area contributed by atoms with E-state index in [0.29, 0.717) is 5.46 Å². The Morgan fingerprint density at radius 2 is 1.29 bits per heavy atom. The number of hydrogen-bond acceptors (Lipinski definition) is 4. The summed E-state index contributed by atoms with van der Waals surface area (Å²) < 4.78 is 11.6. The van der Waals surface area contributed by atoms with Crippen LogP contribution in [0.1, 0.15) is 48.4 Å². The van der Waals surface area contributed by atoms with E-state index < -0.39 is 30.3 Å². The Bertz CT molecular complexity index is 559. The lowest BCUT2D eigenvalue weighted by Crippen LogP contribution is -2.41. The summed E-state index contributed by atoms with van der Waals surface area (Å²) in [4.78, 5) is 22.2. The summed E-state index contributed by atoms with van der Waals surface area (Å²) in [6.45, 7) is 7.47. The first kappa shape index (κ1) is 15.5. The Balaban J connectivity index is 2.45. The molecule has 1 saturated heterocycles. The van der Waals surface area contributed by atoms with Gasteiger partial charge in [-0.05, 0) is 51.4 Å². The van der Waals surface area contributed by atoms with Gasteiger partial charge in [0.25, 0.3) is 0 Å². The Morgan fingerprint density at radius 1 is 0.905 bits per heavy atom. The molecule has 1 aromatic carbocycles. The summed E-state index contributed by atoms with van der Waals surface area (Å²) >= 11 is 0. The van der Waals surface area contributed by atoms with Gasteiger partial charge in [0.2, 0.25) is 0 Å². The van der Waals surface area contributed by atoms with Gasteiger partial charge < -0.3 is 19.5 Å². The first-order valence-corrected chi connectivity index (χ1v) is 6.51. The lowest BCUT2D eigenvalue weighted by Gasteiger charge is -2.32. The van der Waals surface area contributed by atoms with E-state index in [9.17, 15) is 9.59 Å². The Hall–Kier alpha value is -1.86. The van der Waals surface area contributed by atoms with Gasteiger partial charge in [-0.2, -0.15) is 0 Å². The molecule has 0 atom stereocenters. The molecular formula is C14H17BO6. The molecule has 0 spiro atoms. The van der Waals surface area contributed by atoms with E-state index in [2.05, 4.69) is 0 Å². The van der Waals surface area contributed by atoms with Crippen LogP contribution in [0.25, 0.3) is 0 Å². The van der Waals surface area contributed by atoms with Crippen LogP contribution in [-0.2, 0) is 9.31 Å². The molecule has 1 heterocycles. The van der Waals surface area contributed by atoms with Crippen LogP contribution >= 0.6 is 0 Å². The van der Waals surface area contributed by atoms with E-state index in [-0.39, 0.29) is 11.1 Å². The molecule has 0 bridgehead atoms. The third-order valence-electron chi connectivity index (χ3n) is 3.97. The van der Waals surface area contributed by atoms with Crippen molar-refractivity contribution in [3.8, 4) is 0 Å². The van der Waals surface area contributed by atoms with E-state index in [1.165, 1.54) is 12.1 Å². The van der Waals surface area contributed by atoms with Crippen LogP contribution in [0, 0.1) is 0 Å². The molecule has 7 heteroatoms. The van der Waals surface area contributed by atoms with Crippen molar-refractivity contribution in [2.45, 2.75) is 38.9 Å². The number of aromatic carboxylic acids is 2. The Kier molecular flexibility index (Phi) is 3.59. The highest BCUT2D eigenvalue weighted by molar-refractivity contribution is 6.62. The van der Waals surface area contributed by atoms with Crippen molar-refractivity contribution in [2.75, 3.05) is 0 Å². The molecule has 0 amide bonds. The molecule has 0 unspecified atom stereocenters. The average Bonchev–Trinajstić information content (AvgIpc) is 2.58. The molecule has 21 heavy (non-hydrogen) atoms. The van der Waals surface area contributed by atoms with Gasteiger partial charge in [-0.15, -0.1) is 0 Å². The summed E-state index contributed by atoms with van der Waals surface area (Å²) in [5.74, 6) is -2.40. The van der Waals surface area contributed by atoms with Crippen LogP contribution < -0.4 is 5.46 Å². The van der Waals surface area contributed by atoms with Crippen LogP contribution in [0.4, 0.5) is 0 Å². The number of carboxylic acid groups (broad SMARTS) is 2. The standard InChI is InChI=1S/C14H17BO6/c1-13(2)14(3,4)21-15(20-13)10-6-8(11(16)17)5-9(7-10)12(18)19/h5-7H,1-4H3,(H,16,17)(H,18,19). The van der Waals surface area contributed by atoms with Crippen molar-refractivity contribution >= 4 is 24.5 Å². The van der Waals surface area contributed by atoms with Crippen molar-refractivity contribution in [2.24, 2.45) is 0 Å². The molecule has 1 aliphatic rings. The van der Waals surface area contributed by atoms with E-state index in [0.717, 1.165) is 6.07 Å². The smallest absolute Gasteiger partial charge is 0.478 e. The first-order valence-electron chi connectivity index (χ1n) is 6.51. The van der Waals surface area contributed by atoms with E-state index in [1.807, 2.05) is 27.7 Å². The van der Waals surface area contributed by atoms with Gasteiger partial charge in [-0.25, -0.2) is 9.59 Å². The number of carboxylic acids is 2. The maximum atomic E-state index is 11.1. The quantitative estimate of drug-likeness (QED) is 0.818. The molecule has 112 valence electrons. The fourth-order valence-electron chi connectivity index (χ4n) is 2.01. The minimum absolute atomic E-state index is 0.111.